The number of hydrazone groups is 1. The van der Waals surface area contributed by atoms with Crippen LogP contribution in [0, 0.1) is 12.3 Å². The number of ether oxygens (including phenoxy) is 2. The maximum Gasteiger partial charge on any atom is 0.283 e. The van der Waals surface area contributed by atoms with Crippen molar-refractivity contribution in [3.63, 3.8) is 0 Å². The molecule has 0 fully saturated rings. The fourth-order valence-electron chi connectivity index (χ4n) is 1.44. The van der Waals surface area contributed by atoms with Gasteiger partial charge < -0.3 is 9.47 Å². The van der Waals surface area contributed by atoms with Gasteiger partial charge >= 0.3 is 0 Å². The molecule has 0 aliphatic heterocycles. The van der Waals surface area contributed by atoms with Crippen LogP contribution in [0.3, 0.4) is 0 Å². The first-order chi connectivity index (χ1) is 10.2. The first-order valence-electron chi connectivity index (χ1n) is 5.71. The number of terminal acetylenes is 1. The summed E-state index contributed by atoms with van der Waals surface area (Å²) in [6.07, 6.45) is 6.76. The quantitative estimate of drug-likeness (QED) is 0.464. The van der Waals surface area contributed by atoms with E-state index in [1.54, 1.807) is 19.4 Å². The maximum atomic E-state index is 5.43. The number of rotatable bonds is 6. The third-order valence-electron chi connectivity index (χ3n) is 2.28. The van der Waals surface area contributed by atoms with E-state index >= 15 is 0 Å². The lowest BCUT2D eigenvalue weighted by Crippen LogP contribution is -1.99. The zero-order chi connectivity index (χ0) is 15.1. The van der Waals surface area contributed by atoms with Gasteiger partial charge in [0.05, 0.1) is 17.8 Å². The third-order valence-corrected chi connectivity index (χ3v) is 2.86. The summed E-state index contributed by atoms with van der Waals surface area (Å²) in [5.41, 5.74) is 3.40. The molecule has 2 rings (SSSR count). The average Bonchev–Trinajstić information content (AvgIpc) is 2.99. The average molecular weight is 351 g/mol. The van der Waals surface area contributed by atoms with Crippen LogP contribution in [0.4, 0.5) is 5.95 Å². The number of benzene rings is 1. The number of halogens is 1. The van der Waals surface area contributed by atoms with Crippen LogP contribution in [-0.4, -0.2) is 40.6 Å². The van der Waals surface area contributed by atoms with Gasteiger partial charge in [-0.05, 0) is 38.8 Å². The van der Waals surface area contributed by atoms with Gasteiger partial charge in [0.1, 0.15) is 6.61 Å². The molecule has 0 bridgehead atoms. The van der Waals surface area contributed by atoms with Crippen molar-refractivity contribution in [1.29, 1.82) is 0 Å². The second-order valence-electron chi connectivity index (χ2n) is 3.63. The number of H-pyrrole nitrogens is 1. The second kappa shape index (κ2) is 7.25. The largest absolute Gasteiger partial charge is 0.493 e. The molecule has 0 saturated heterocycles. The van der Waals surface area contributed by atoms with Crippen molar-refractivity contribution in [1.82, 2.24) is 20.6 Å². The molecule has 2 aromatic rings. The lowest BCUT2D eigenvalue weighted by atomic mass is 10.2. The van der Waals surface area contributed by atoms with Crippen molar-refractivity contribution >= 4 is 28.1 Å². The summed E-state index contributed by atoms with van der Waals surface area (Å²) in [7, 11) is 1.54. The molecule has 0 aliphatic carbocycles. The van der Waals surface area contributed by atoms with Crippen LogP contribution in [0.1, 0.15) is 5.56 Å². The van der Waals surface area contributed by atoms with E-state index in [1.165, 1.54) is 0 Å². The molecule has 8 nitrogen and oxygen atoms in total. The predicted octanol–water partition coefficient (Wildman–Crippen LogP) is 1.43. The smallest absolute Gasteiger partial charge is 0.283 e. The van der Waals surface area contributed by atoms with Gasteiger partial charge in [0.15, 0.2) is 11.5 Å². The van der Waals surface area contributed by atoms with Gasteiger partial charge in [-0.25, -0.2) is 5.43 Å². The van der Waals surface area contributed by atoms with Crippen LogP contribution >= 0.6 is 15.9 Å². The molecule has 1 aromatic heterocycles. The van der Waals surface area contributed by atoms with Gasteiger partial charge in [-0.15, -0.1) is 11.5 Å². The van der Waals surface area contributed by atoms with Gasteiger partial charge in [-0.3, -0.25) is 0 Å². The van der Waals surface area contributed by atoms with Gasteiger partial charge in [-0.2, -0.15) is 10.3 Å². The van der Waals surface area contributed by atoms with Crippen LogP contribution in [-0.2, 0) is 0 Å². The number of nitrogens with zero attached hydrogens (tertiary/aromatic N) is 4. The van der Waals surface area contributed by atoms with Crippen molar-refractivity contribution in [2.24, 2.45) is 5.10 Å². The van der Waals surface area contributed by atoms with Crippen molar-refractivity contribution in [2.75, 3.05) is 19.1 Å². The van der Waals surface area contributed by atoms with E-state index in [0.29, 0.717) is 16.0 Å². The normalized spacial score (nSPS) is 10.3. The molecule has 2 N–H and O–H groups in total. The SMILES string of the molecule is C#CCOc1c(Br)cc(C=NNc2nn[nH]n2)cc1OC. The highest BCUT2D eigenvalue weighted by atomic mass is 79.9. The number of anilines is 1. The molecule has 0 atom stereocenters. The summed E-state index contributed by atoms with van der Waals surface area (Å²) < 4.78 is 11.4. The Hall–Kier alpha value is -2.60. The molecule has 108 valence electrons. The minimum absolute atomic E-state index is 0.155. The Bertz CT molecular complexity index is 665. The Balaban J connectivity index is 2.15. The molecule has 0 aliphatic rings. The zero-order valence-corrected chi connectivity index (χ0v) is 12.6. The molecular weight excluding hydrogens is 340 g/mol. The maximum absolute atomic E-state index is 5.43. The molecule has 0 unspecified atom stereocenters. The van der Waals surface area contributed by atoms with Gasteiger partial charge in [0, 0.05) is 0 Å². The van der Waals surface area contributed by atoms with E-state index in [1.807, 2.05) is 6.07 Å². The number of aromatic nitrogens is 4. The third kappa shape index (κ3) is 3.93. The van der Waals surface area contributed by atoms with Crippen LogP contribution in [0.2, 0.25) is 0 Å². The number of nitrogens with one attached hydrogen (secondary N) is 2. The van der Waals surface area contributed by atoms with Crippen molar-refractivity contribution in [3.8, 4) is 23.8 Å². The van der Waals surface area contributed by atoms with E-state index in [-0.39, 0.29) is 12.6 Å². The standard InChI is InChI=1S/C12H11BrN6O2/c1-3-4-21-11-9(13)5-8(6-10(11)20-2)7-14-15-12-16-18-19-17-12/h1,5-7H,4H2,2H3,(H2,15,16,17,18,19). The molecule has 0 amide bonds. The molecule has 1 heterocycles. The van der Waals surface area contributed by atoms with Gasteiger partial charge in [0.25, 0.3) is 5.95 Å². The molecule has 0 saturated carbocycles. The van der Waals surface area contributed by atoms with Crippen molar-refractivity contribution < 1.29 is 9.47 Å². The van der Waals surface area contributed by atoms with E-state index in [0.717, 1.165) is 5.56 Å². The van der Waals surface area contributed by atoms with E-state index in [2.05, 4.69) is 53.0 Å². The summed E-state index contributed by atoms with van der Waals surface area (Å²) in [6.45, 7) is 0.155. The minimum atomic E-state index is 0.155. The monoisotopic (exact) mass is 350 g/mol. The van der Waals surface area contributed by atoms with Gasteiger partial charge in [-0.1, -0.05) is 11.0 Å². The lowest BCUT2D eigenvalue weighted by Gasteiger charge is -2.11. The summed E-state index contributed by atoms with van der Waals surface area (Å²) >= 11 is 3.40. The summed E-state index contributed by atoms with van der Waals surface area (Å²) in [5, 5.41) is 17.1. The van der Waals surface area contributed by atoms with E-state index < -0.39 is 0 Å². The van der Waals surface area contributed by atoms with Crippen LogP contribution in [0.15, 0.2) is 21.7 Å². The predicted molar refractivity (Wildman–Crippen MR) is 80.4 cm³/mol. The molecular formula is C12H11BrN6O2. The highest BCUT2D eigenvalue weighted by molar-refractivity contribution is 9.10. The number of methoxy groups -OCH3 is 1. The molecule has 21 heavy (non-hydrogen) atoms. The lowest BCUT2D eigenvalue weighted by molar-refractivity contribution is 0.329. The highest BCUT2D eigenvalue weighted by Crippen LogP contribution is 2.36. The van der Waals surface area contributed by atoms with Crippen molar-refractivity contribution in [3.05, 3.63) is 22.2 Å². The van der Waals surface area contributed by atoms with Gasteiger partial charge in [0.2, 0.25) is 0 Å². The van der Waals surface area contributed by atoms with E-state index in [4.69, 9.17) is 15.9 Å². The summed E-state index contributed by atoms with van der Waals surface area (Å²) in [4.78, 5) is 0. The Morgan fingerprint density at radius 3 is 3.10 bits per heavy atom. The van der Waals surface area contributed by atoms with Crippen molar-refractivity contribution in [2.45, 2.75) is 0 Å². The Morgan fingerprint density at radius 1 is 1.57 bits per heavy atom. The zero-order valence-electron chi connectivity index (χ0n) is 11.0. The molecule has 9 heteroatoms. The number of aromatic amines is 1. The number of hydrogen-bond acceptors (Lipinski definition) is 7. The summed E-state index contributed by atoms with van der Waals surface area (Å²) in [5.74, 6) is 3.75. The minimum Gasteiger partial charge on any atom is -0.493 e. The fourth-order valence-corrected chi connectivity index (χ4v) is 2.02. The highest BCUT2D eigenvalue weighted by Gasteiger charge is 2.10. The Labute approximate surface area is 129 Å². The van der Waals surface area contributed by atoms with Crippen LogP contribution in [0.5, 0.6) is 11.5 Å². The van der Waals surface area contributed by atoms with E-state index in [9.17, 15) is 0 Å². The fraction of sp³-hybridized carbons (Fsp3) is 0.167. The first kappa shape index (κ1) is 14.8. The number of tetrazole rings is 1. The molecule has 1 aromatic carbocycles. The Kier molecular flexibility index (Phi) is 5.11. The van der Waals surface area contributed by atoms with Crippen LogP contribution in [0.25, 0.3) is 0 Å². The van der Waals surface area contributed by atoms with Crippen LogP contribution < -0.4 is 14.9 Å². The first-order valence-corrected chi connectivity index (χ1v) is 6.50. The molecule has 0 spiro atoms. The second-order valence-corrected chi connectivity index (χ2v) is 4.49. The topological polar surface area (TPSA) is 97.3 Å². The number of hydrogen-bond donors (Lipinski definition) is 2. The summed E-state index contributed by atoms with van der Waals surface area (Å²) in [6, 6.07) is 3.58. The molecule has 0 radical (unpaired) electrons. The Morgan fingerprint density at radius 2 is 2.43 bits per heavy atom.